The molecule has 1 heterocycles. The first-order valence-electron chi connectivity index (χ1n) is 8.51. The summed E-state index contributed by atoms with van der Waals surface area (Å²) in [5.41, 5.74) is 1.74. The molecule has 152 valence electrons. The highest BCUT2D eigenvalue weighted by molar-refractivity contribution is 9.10. The van der Waals surface area contributed by atoms with Gasteiger partial charge in [0, 0.05) is 5.02 Å². The lowest BCUT2D eigenvalue weighted by atomic mass is 10.2. The van der Waals surface area contributed by atoms with Gasteiger partial charge in [-0.25, -0.2) is 0 Å². The van der Waals surface area contributed by atoms with E-state index >= 15 is 0 Å². The zero-order valence-electron chi connectivity index (χ0n) is 15.6. The first kappa shape index (κ1) is 22.0. The Bertz CT molecular complexity index is 997. The fraction of sp³-hybridized carbons (Fsp3) is 0.200. The molecule has 0 radical (unpaired) electrons. The Hall–Kier alpha value is -1.74. The molecule has 1 N–H and O–H groups in total. The van der Waals surface area contributed by atoms with Crippen molar-refractivity contribution in [2.24, 2.45) is 0 Å². The van der Waals surface area contributed by atoms with E-state index in [9.17, 15) is 4.79 Å². The molecule has 0 spiro atoms. The van der Waals surface area contributed by atoms with E-state index in [-0.39, 0.29) is 5.91 Å². The SMILES string of the molecule is COc1cc(/C=C2/SC(=S)NC2=O)cc(Br)c1OCCOc1ccc(Cl)c(C)c1. The summed E-state index contributed by atoms with van der Waals surface area (Å²) in [7, 11) is 1.56. The fourth-order valence-electron chi connectivity index (χ4n) is 2.55. The Balaban J connectivity index is 1.66. The van der Waals surface area contributed by atoms with Gasteiger partial charge in [-0.2, -0.15) is 0 Å². The Morgan fingerprint density at radius 3 is 2.66 bits per heavy atom. The molecule has 1 amide bonds. The molecule has 9 heteroatoms. The number of benzene rings is 2. The molecule has 0 unspecified atom stereocenters. The summed E-state index contributed by atoms with van der Waals surface area (Å²) in [6.07, 6.45) is 1.75. The minimum absolute atomic E-state index is 0.204. The highest BCUT2D eigenvalue weighted by Crippen LogP contribution is 2.38. The van der Waals surface area contributed by atoms with Gasteiger partial charge in [0.05, 0.1) is 16.5 Å². The molecular weight excluding hydrogens is 498 g/mol. The second-order valence-corrected chi connectivity index (χ2v) is 8.97. The lowest BCUT2D eigenvalue weighted by Crippen LogP contribution is -2.17. The number of thioether (sulfide) groups is 1. The van der Waals surface area contributed by atoms with Gasteiger partial charge in [-0.1, -0.05) is 35.6 Å². The third kappa shape index (κ3) is 5.66. The molecule has 0 aromatic heterocycles. The molecule has 2 aromatic carbocycles. The molecule has 0 atom stereocenters. The van der Waals surface area contributed by atoms with Gasteiger partial charge in [0.2, 0.25) is 0 Å². The minimum atomic E-state index is -0.204. The van der Waals surface area contributed by atoms with Crippen molar-refractivity contribution in [3.05, 3.63) is 55.9 Å². The molecule has 2 aromatic rings. The second kappa shape index (κ2) is 9.84. The summed E-state index contributed by atoms with van der Waals surface area (Å²) in [6, 6.07) is 9.14. The number of hydrogen-bond donors (Lipinski definition) is 1. The number of thiocarbonyl (C=S) groups is 1. The summed E-state index contributed by atoms with van der Waals surface area (Å²) in [4.78, 5) is 12.4. The number of carbonyl (C=O) groups excluding carboxylic acids is 1. The van der Waals surface area contributed by atoms with Crippen LogP contribution in [-0.4, -0.2) is 30.6 Å². The first-order valence-corrected chi connectivity index (χ1v) is 10.9. The van der Waals surface area contributed by atoms with Crippen LogP contribution < -0.4 is 19.5 Å². The topological polar surface area (TPSA) is 56.8 Å². The first-order chi connectivity index (χ1) is 13.9. The Labute approximate surface area is 191 Å². The zero-order valence-corrected chi connectivity index (χ0v) is 19.6. The van der Waals surface area contributed by atoms with Crippen LogP contribution in [0, 0.1) is 6.92 Å². The van der Waals surface area contributed by atoms with Gasteiger partial charge in [0.25, 0.3) is 5.91 Å². The van der Waals surface area contributed by atoms with Crippen LogP contribution in [0.3, 0.4) is 0 Å². The summed E-state index contributed by atoms with van der Waals surface area (Å²) in [6.45, 7) is 2.60. The van der Waals surface area contributed by atoms with Crippen LogP contribution in [0.15, 0.2) is 39.7 Å². The molecule has 5 nitrogen and oxygen atoms in total. The van der Waals surface area contributed by atoms with Crippen LogP contribution in [-0.2, 0) is 4.79 Å². The van der Waals surface area contributed by atoms with Gasteiger partial charge < -0.3 is 19.5 Å². The molecule has 0 saturated carbocycles. The van der Waals surface area contributed by atoms with Crippen molar-refractivity contribution in [2.75, 3.05) is 20.3 Å². The van der Waals surface area contributed by atoms with Crippen LogP contribution in [0.1, 0.15) is 11.1 Å². The third-order valence-corrected chi connectivity index (χ3v) is 6.10. The predicted octanol–water partition coefficient (Wildman–Crippen LogP) is 5.37. The number of ether oxygens (including phenoxy) is 3. The van der Waals surface area contributed by atoms with Crippen molar-refractivity contribution in [3.63, 3.8) is 0 Å². The maximum Gasteiger partial charge on any atom is 0.263 e. The number of methoxy groups -OCH3 is 1. The quantitative estimate of drug-likeness (QED) is 0.305. The highest BCUT2D eigenvalue weighted by Gasteiger charge is 2.22. The van der Waals surface area contributed by atoms with Crippen LogP contribution in [0.2, 0.25) is 5.02 Å². The van der Waals surface area contributed by atoms with E-state index in [0.29, 0.717) is 43.4 Å². The van der Waals surface area contributed by atoms with Crippen LogP contribution in [0.25, 0.3) is 6.08 Å². The van der Waals surface area contributed by atoms with Crippen molar-refractivity contribution in [1.29, 1.82) is 0 Å². The predicted molar refractivity (Wildman–Crippen MR) is 124 cm³/mol. The summed E-state index contributed by atoms with van der Waals surface area (Å²) in [5, 5.41) is 3.30. The maximum absolute atomic E-state index is 11.8. The van der Waals surface area contributed by atoms with Crippen molar-refractivity contribution in [3.8, 4) is 17.2 Å². The van der Waals surface area contributed by atoms with Gasteiger partial charge in [0.15, 0.2) is 11.5 Å². The van der Waals surface area contributed by atoms with Gasteiger partial charge in [0.1, 0.15) is 23.3 Å². The van der Waals surface area contributed by atoms with Crippen molar-refractivity contribution < 1.29 is 19.0 Å². The number of rotatable bonds is 7. The van der Waals surface area contributed by atoms with Crippen LogP contribution in [0.5, 0.6) is 17.2 Å². The number of halogens is 2. The van der Waals surface area contributed by atoms with Crippen molar-refractivity contribution in [2.45, 2.75) is 6.92 Å². The van der Waals surface area contributed by atoms with E-state index in [2.05, 4.69) is 21.2 Å². The molecule has 1 aliphatic rings. The van der Waals surface area contributed by atoms with Gasteiger partial charge >= 0.3 is 0 Å². The molecule has 3 rings (SSSR count). The molecule has 29 heavy (non-hydrogen) atoms. The van der Waals surface area contributed by atoms with Crippen LogP contribution >= 0.6 is 51.5 Å². The van der Waals surface area contributed by atoms with E-state index in [4.69, 9.17) is 38.0 Å². The lowest BCUT2D eigenvalue weighted by Gasteiger charge is -2.14. The minimum Gasteiger partial charge on any atom is -0.493 e. The Morgan fingerprint density at radius 2 is 2.00 bits per heavy atom. The maximum atomic E-state index is 11.8. The molecule has 0 bridgehead atoms. The van der Waals surface area contributed by atoms with Gasteiger partial charge in [-0.3, -0.25) is 4.79 Å². The van der Waals surface area contributed by atoms with E-state index in [1.54, 1.807) is 25.3 Å². The highest BCUT2D eigenvalue weighted by atomic mass is 79.9. The lowest BCUT2D eigenvalue weighted by molar-refractivity contribution is -0.115. The smallest absolute Gasteiger partial charge is 0.263 e. The normalized spacial score (nSPS) is 14.8. The van der Waals surface area contributed by atoms with Crippen molar-refractivity contribution in [1.82, 2.24) is 5.32 Å². The van der Waals surface area contributed by atoms with Gasteiger partial charge in [-0.05, 0) is 70.4 Å². The zero-order chi connectivity index (χ0) is 21.0. The number of carbonyl (C=O) groups is 1. The number of nitrogens with one attached hydrogen (secondary N) is 1. The van der Waals surface area contributed by atoms with Gasteiger partial charge in [-0.15, -0.1) is 0 Å². The van der Waals surface area contributed by atoms with E-state index < -0.39 is 0 Å². The average Bonchev–Trinajstić information content (AvgIpc) is 2.99. The van der Waals surface area contributed by atoms with E-state index in [0.717, 1.165) is 16.9 Å². The molecular formula is C20H17BrClNO4S2. The molecule has 1 saturated heterocycles. The molecule has 1 fully saturated rings. The standard InChI is InChI=1S/C20H17BrClNO4S2/c1-11-7-13(3-4-15(11)22)26-5-6-27-18-14(21)8-12(9-16(18)25-2)10-17-19(24)23-20(28)29-17/h3-4,7-10H,5-6H2,1-2H3,(H,23,24,28)/b17-10+. The number of hydrogen-bond acceptors (Lipinski definition) is 6. The van der Waals surface area contributed by atoms with Crippen molar-refractivity contribution >= 4 is 67.8 Å². The second-order valence-electron chi connectivity index (χ2n) is 5.99. The number of amides is 1. The monoisotopic (exact) mass is 513 g/mol. The number of aryl methyl sites for hydroxylation is 1. The van der Waals surface area contributed by atoms with E-state index in [1.807, 2.05) is 25.1 Å². The van der Waals surface area contributed by atoms with E-state index in [1.165, 1.54) is 11.8 Å². The Kier molecular flexibility index (Phi) is 7.45. The Morgan fingerprint density at radius 1 is 1.24 bits per heavy atom. The molecule has 1 aliphatic heterocycles. The fourth-order valence-corrected chi connectivity index (χ4v) is 4.28. The molecule has 0 aliphatic carbocycles. The third-order valence-electron chi connectivity index (χ3n) is 3.92. The average molecular weight is 515 g/mol. The largest absolute Gasteiger partial charge is 0.493 e. The summed E-state index contributed by atoms with van der Waals surface area (Å²) in [5.74, 6) is 1.63. The summed E-state index contributed by atoms with van der Waals surface area (Å²) >= 11 is 15.8. The summed E-state index contributed by atoms with van der Waals surface area (Å²) < 4.78 is 18.2. The van der Waals surface area contributed by atoms with Crippen LogP contribution in [0.4, 0.5) is 0 Å².